The van der Waals surface area contributed by atoms with Crippen molar-refractivity contribution in [3.05, 3.63) is 35.7 Å². The third kappa shape index (κ3) is 4.81. The zero-order valence-electron chi connectivity index (χ0n) is 18.9. The van der Waals surface area contributed by atoms with E-state index in [9.17, 15) is 9.59 Å². The largest absolute Gasteiger partial charge is 0.481 e. The van der Waals surface area contributed by atoms with Crippen LogP contribution < -0.4 is 30.7 Å². The summed E-state index contributed by atoms with van der Waals surface area (Å²) in [5.41, 5.74) is 15.3. The first-order valence-electron chi connectivity index (χ1n) is 10.4. The predicted octanol–water partition coefficient (Wildman–Crippen LogP) is 0.653. The van der Waals surface area contributed by atoms with Crippen LogP contribution in [0.2, 0.25) is 0 Å². The van der Waals surface area contributed by atoms with E-state index in [0.717, 1.165) is 35.3 Å². The molecule has 4 rings (SSSR count). The number of carbonyl (C=O) groups is 2. The molecule has 0 spiro atoms. The van der Waals surface area contributed by atoms with Crippen molar-refractivity contribution in [2.45, 2.75) is 37.8 Å². The number of likely N-dealkylation sites (N-methyl/N-ethyl adjacent to an activating group) is 2. The number of pyridine rings is 2. The molecular weight excluding hydrogens is 412 g/mol. The number of rotatable bonds is 2. The molecule has 2 aromatic rings. The van der Waals surface area contributed by atoms with Gasteiger partial charge in [0.15, 0.2) is 0 Å². The molecule has 0 aliphatic carbocycles. The molecule has 32 heavy (non-hydrogen) atoms. The molecule has 4 heterocycles. The summed E-state index contributed by atoms with van der Waals surface area (Å²) in [5, 5.41) is 0. The van der Waals surface area contributed by atoms with E-state index in [-0.39, 0.29) is 11.8 Å². The molecule has 0 saturated carbocycles. The molecule has 10 nitrogen and oxygen atoms in total. The standard InChI is InChI=1S/2C11H15N3O2/c2*1-14-9-6-13-10(16-2)5-7(9)3-4-8(12)11(14)15/h2*5-6,8H,3-4,12H2,1-2H3/t2*8-/m10/s1. The average molecular weight is 443 g/mol. The van der Waals surface area contributed by atoms with E-state index in [1.165, 1.54) is 0 Å². The highest BCUT2D eigenvalue weighted by atomic mass is 16.5. The number of nitrogens with two attached hydrogens (primary N) is 2. The Hall–Kier alpha value is -3.24. The van der Waals surface area contributed by atoms with Crippen LogP contribution in [0.15, 0.2) is 24.5 Å². The van der Waals surface area contributed by atoms with E-state index in [2.05, 4.69) is 9.97 Å². The van der Waals surface area contributed by atoms with Gasteiger partial charge in [-0.05, 0) is 36.8 Å². The van der Waals surface area contributed by atoms with Gasteiger partial charge in [0.05, 0.1) is 50.1 Å². The van der Waals surface area contributed by atoms with Crippen molar-refractivity contribution in [1.82, 2.24) is 9.97 Å². The number of methoxy groups -OCH3 is 2. The summed E-state index contributed by atoms with van der Waals surface area (Å²) in [7, 11) is 6.60. The number of carbonyl (C=O) groups excluding carboxylic acids is 2. The first-order valence-corrected chi connectivity index (χ1v) is 10.4. The van der Waals surface area contributed by atoms with Crippen molar-refractivity contribution in [2.24, 2.45) is 11.5 Å². The van der Waals surface area contributed by atoms with Crippen molar-refractivity contribution in [2.75, 3.05) is 38.1 Å². The average Bonchev–Trinajstić information content (AvgIpc) is 2.99. The molecule has 172 valence electrons. The second-order valence-electron chi connectivity index (χ2n) is 7.80. The summed E-state index contributed by atoms with van der Waals surface area (Å²) in [6, 6.07) is 2.86. The van der Waals surface area contributed by atoms with Gasteiger partial charge in [0.2, 0.25) is 23.6 Å². The van der Waals surface area contributed by atoms with Gasteiger partial charge in [-0.25, -0.2) is 9.97 Å². The van der Waals surface area contributed by atoms with E-state index in [4.69, 9.17) is 20.9 Å². The van der Waals surface area contributed by atoms with Crippen LogP contribution in [0.1, 0.15) is 24.0 Å². The summed E-state index contributed by atoms with van der Waals surface area (Å²) in [5.74, 6) is 1.00. The van der Waals surface area contributed by atoms with E-state index < -0.39 is 12.1 Å². The lowest BCUT2D eigenvalue weighted by atomic mass is 10.1. The number of hydrogen-bond donors (Lipinski definition) is 2. The van der Waals surface area contributed by atoms with Gasteiger partial charge in [0.1, 0.15) is 0 Å². The maximum absolute atomic E-state index is 11.8. The zero-order chi connectivity index (χ0) is 23.4. The Bertz CT molecular complexity index is 919. The first-order chi connectivity index (χ1) is 15.3. The van der Waals surface area contributed by atoms with E-state index >= 15 is 0 Å². The van der Waals surface area contributed by atoms with Gasteiger partial charge in [0, 0.05) is 26.2 Å². The Morgan fingerprint density at radius 2 is 1.19 bits per heavy atom. The van der Waals surface area contributed by atoms with Crippen molar-refractivity contribution < 1.29 is 19.1 Å². The number of fused-ring (bicyclic) bond motifs is 2. The monoisotopic (exact) mass is 442 g/mol. The third-order valence-corrected chi connectivity index (χ3v) is 5.77. The Morgan fingerprint density at radius 1 is 0.812 bits per heavy atom. The molecule has 2 aromatic heterocycles. The minimum atomic E-state index is -0.427. The van der Waals surface area contributed by atoms with Crippen molar-refractivity contribution >= 4 is 23.2 Å². The van der Waals surface area contributed by atoms with Crippen LogP contribution in [0, 0.1) is 0 Å². The molecule has 2 atom stereocenters. The number of ether oxygens (including phenoxy) is 2. The molecule has 2 aliphatic heterocycles. The zero-order valence-corrected chi connectivity index (χ0v) is 18.9. The normalized spacial score (nSPS) is 20.3. The number of nitrogens with zero attached hydrogens (tertiary/aromatic N) is 4. The predicted molar refractivity (Wildman–Crippen MR) is 121 cm³/mol. The molecule has 0 radical (unpaired) electrons. The molecule has 0 bridgehead atoms. The highest BCUT2D eigenvalue weighted by molar-refractivity contribution is 5.98. The van der Waals surface area contributed by atoms with E-state index in [0.29, 0.717) is 24.6 Å². The summed E-state index contributed by atoms with van der Waals surface area (Å²) in [4.78, 5) is 35.0. The van der Waals surface area contributed by atoms with Gasteiger partial charge < -0.3 is 30.7 Å². The quantitative estimate of drug-likeness (QED) is 0.692. The molecule has 10 heteroatoms. The number of aromatic nitrogens is 2. The minimum Gasteiger partial charge on any atom is -0.481 e. The van der Waals surface area contributed by atoms with Gasteiger partial charge in [-0.2, -0.15) is 0 Å². The van der Waals surface area contributed by atoms with Crippen LogP contribution in [0.5, 0.6) is 11.8 Å². The van der Waals surface area contributed by atoms with E-state index in [1.54, 1.807) is 50.5 Å². The second-order valence-corrected chi connectivity index (χ2v) is 7.80. The molecule has 0 fully saturated rings. The lowest BCUT2D eigenvalue weighted by Crippen LogP contribution is -2.40. The lowest BCUT2D eigenvalue weighted by molar-refractivity contribution is -0.120. The van der Waals surface area contributed by atoms with Crippen LogP contribution >= 0.6 is 0 Å². The summed E-state index contributed by atoms with van der Waals surface area (Å²) in [6.45, 7) is 0. The maximum Gasteiger partial charge on any atom is 0.243 e. The van der Waals surface area contributed by atoms with Crippen molar-refractivity contribution in [3.8, 4) is 11.8 Å². The Balaban J connectivity index is 0.000000181. The van der Waals surface area contributed by atoms with Gasteiger partial charge in [-0.3, -0.25) is 9.59 Å². The fraction of sp³-hybridized carbons (Fsp3) is 0.455. The van der Waals surface area contributed by atoms with Crippen LogP contribution in [-0.4, -0.2) is 62.2 Å². The Labute approximate surface area is 187 Å². The van der Waals surface area contributed by atoms with Crippen LogP contribution in [-0.2, 0) is 22.4 Å². The molecule has 4 N–H and O–H groups in total. The van der Waals surface area contributed by atoms with E-state index in [1.807, 2.05) is 12.1 Å². The molecule has 0 saturated heterocycles. The highest BCUT2D eigenvalue weighted by Crippen LogP contribution is 2.28. The SMILES string of the molecule is COc1cc2c(cn1)N(C)C(=O)[C@@H](N)CC2.COc1cc2c(cn1)N(C)C(=O)[C@H](N)CC2. The summed E-state index contributed by atoms with van der Waals surface area (Å²) >= 11 is 0. The van der Waals surface area contributed by atoms with Gasteiger partial charge in [0.25, 0.3) is 0 Å². The highest BCUT2D eigenvalue weighted by Gasteiger charge is 2.26. The third-order valence-electron chi connectivity index (χ3n) is 5.77. The van der Waals surface area contributed by atoms with Gasteiger partial charge >= 0.3 is 0 Å². The topological polar surface area (TPSA) is 137 Å². The Morgan fingerprint density at radius 3 is 1.53 bits per heavy atom. The number of amides is 2. The Kier molecular flexibility index (Phi) is 7.26. The van der Waals surface area contributed by atoms with Crippen LogP contribution in [0.4, 0.5) is 11.4 Å². The summed E-state index contributed by atoms with van der Waals surface area (Å²) < 4.78 is 10.1. The van der Waals surface area contributed by atoms with Crippen LogP contribution in [0.3, 0.4) is 0 Å². The fourth-order valence-corrected chi connectivity index (χ4v) is 3.77. The number of anilines is 2. The van der Waals surface area contributed by atoms with Gasteiger partial charge in [-0.15, -0.1) is 0 Å². The molecule has 0 aromatic carbocycles. The van der Waals surface area contributed by atoms with Crippen molar-refractivity contribution in [1.29, 1.82) is 0 Å². The van der Waals surface area contributed by atoms with Crippen LogP contribution in [0.25, 0.3) is 0 Å². The molecule has 0 unspecified atom stereocenters. The maximum atomic E-state index is 11.8. The fourth-order valence-electron chi connectivity index (χ4n) is 3.77. The van der Waals surface area contributed by atoms with Crippen molar-refractivity contribution in [3.63, 3.8) is 0 Å². The summed E-state index contributed by atoms with van der Waals surface area (Å²) in [6.07, 6.45) is 6.16. The smallest absolute Gasteiger partial charge is 0.243 e. The molecule has 2 aliphatic rings. The lowest BCUT2D eigenvalue weighted by Gasteiger charge is -2.19. The first kappa shape index (κ1) is 23.4. The number of hydrogen-bond acceptors (Lipinski definition) is 8. The molecule has 2 amide bonds. The number of aryl methyl sites for hydroxylation is 2. The minimum absolute atomic E-state index is 0.0642. The van der Waals surface area contributed by atoms with Gasteiger partial charge in [-0.1, -0.05) is 0 Å². The second kappa shape index (κ2) is 9.92. The molecular formula is C22H30N6O4.